The maximum absolute atomic E-state index is 4.18. The molecule has 1 aliphatic rings. The second-order valence-electron chi connectivity index (χ2n) is 6.38. The van der Waals surface area contributed by atoms with E-state index >= 15 is 0 Å². The molecule has 0 atom stereocenters. The van der Waals surface area contributed by atoms with Crippen LogP contribution in [0, 0.1) is 0 Å². The van der Waals surface area contributed by atoms with E-state index in [1.54, 1.807) is 0 Å². The summed E-state index contributed by atoms with van der Waals surface area (Å²) in [7, 11) is 0. The molecule has 0 spiro atoms. The van der Waals surface area contributed by atoms with Gasteiger partial charge in [0.1, 0.15) is 0 Å². The van der Waals surface area contributed by atoms with Gasteiger partial charge < -0.3 is 0 Å². The van der Waals surface area contributed by atoms with Gasteiger partial charge in [0.15, 0.2) is 0 Å². The Balaban J connectivity index is 2.35. The number of rotatable bonds is 6. The molecule has 0 aromatic heterocycles. The quantitative estimate of drug-likeness (QED) is 0.532. The van der Waals surface area contributed by atoms with Crippen molar-refractivity contribution in [2.75, 3.05) is 0 Å². The Hall–Kier alpha value is -1.82. The summed E-state index contributed by atoms with van der Waals surface area (Å²) in [5, 5.41) is 0. The molecule has 0 saturated heterocycles. The van der Waals surface area contributed by atoms with Gasteiger partial charge in [-0.1, -0.05) is 42.0 Å². The smallest absolute Gasteiger partial charge is 0.00144 e. The number of allylic oxidation sites excluding steroid dienone is 5. The molecule has 0 nitrogen and oxygen atoms in total. The van der Waals surface area contributed by atoms with Crippen molar-refractivity contribution >= 4 is 11.1 Å². The van der Waals surface area contributed by atoms with E-state index in [1.165, 1.54) is 39.0 Å². The monoisotopic (exact) mass is 278 g/mol. The standard InChI is InChI=1S/C21H26/c1-14(2)8-7-9-19-20(16(5)6)13-18-11-10-17(15(3)4)12-21(18)19/h10-12H,1,3,5,7-9,13H2,2,4,6H3. The van der Waals surface area contributed by atoms with Crippen LogP contribution in [0.1, 0.15) is 56.7 Å². The Morgan fingerprint density at radius 1 is 1.05 bits per heavy atom. The summed E-state index contributed by atoms with van der Waals surface area (Å²) < 4.78 is 0. The zero-order chi connectivity index (χ0) is 15.6. The third kappa shape index (κ3) is 3.44. The summed E-state index contributed by atoms with van der Waals surface area (Å²) in [5.41, 5.74) is 10.6. The molecule has 0 heterocycles. The Morgan fingerprint density at radius 3 is 2.33 bits per heavy atom. The molecule has 0 N–H and O–H groups in total. The zero-order valence-electron chi connectivity index (χ0n) is 13.7. The molecule has 1 aromatic rings. The first-order valence-corrected chi connectivity index (χ1v) is 7.71. The summed E-state index contributed by atoms with van der Waals surface area (Å²) in [6, 6.07) is 6.76. The van der Waals surface area contributed by atoms with Gasteiger partial charge in [0, 0.05) is 0 Å². The molecule has 0 heteroatoms. The van der Waals surface area contributed by atoms with E-state index in [-0.39, 0.29) is 0 Å². The molecular weight excluding hydrogens is 252 g/mol. The van der Waals surface area contributed by atoms with Gasteiger partial charge in [-0.15, -0.1) is 6.58 Å². The van der Waals surface area contributed by atoms with Gasteiger partial charge in [0.05, 0.1) is 0 Å². The molecule has 1 aromatic carbocycles. The molecule has 0 saturated carbocycles. The van der Waals surface area contributed by atoms with Crippen molar-refractivity contribution < 1.29 is 0 Å². The van der Waals surface area contributed by atoms with Crippen molar-refractivity contribution in [2.24, 2.45) is 0 Å². The van der Waals surface area contributed by atoms with Crippen LogP contribution in [0.25, 0.3) is 11.1 Å². The van der Waals surface area contributed by atoms with Crippen LogP contribution in [0.4, 0.5) is 0 Å². The van der Waals surface area contributed by atoms with E-state index in [1.807, 2.05) is 0 Å². The highest BCUT2D eigenvalue weighted by Crippen LogP contribution is 2.40. The minimum atomic E-state index is 1.03. The fraction of sp³-hybridized carbons (Fsp3) is 0.333. The number of hydrogen-bond donors (Lipinski definition) is 0. The molecule has 0 amide bonds. The Morgan fingerprint density at radius 2 is 1.76 bits per heavy atom. The third-order valence-electron chi connectivity index (χ3n) is 4.20. The third-order valence-corrected chi connectivity index (χ3v) is 4.20. The topological polar surface area (TPSA) is 0 Å². The minimum Gasteiger partial charge on any atom is -0.100 e. The highest BCUT2D eigenvalue weighted by atomic mass is 14.3. The predicted molar refractivity (Wildman–Crippen MR) is 95.3 cm³/mol. The van der Waals surface area contributed by atoms with Gasteiger partial charge in [-0.05, 0) is 80.4 Å². The molecular formula is C21H26. The van der Waals surface area contributed by atoms with Gasteiger partial charge in [-0.2, -0.15) is 0 Å². The number of hydrogen-bond acceptors (Lipinski definition) is 0. The van der Waals surface area contributed by atoms with Crippen LogP contribution < -0.4 is 0 Å². The van der Waals surface area contributed by atoms with Crippen molar-refractivity contribution in [1.29, 1.82) is 0 Å². The van der Waals surface area contributed by atoms with Crippen LogP contribution in [0.3, 0.4) is 0 Å². The fourth-order valence-corrected chi connectivity index (χ4v) is 3.00. The molecule has 0 aliphatic heterocycles. The fourth-order valence-electron chi connectivity index (χ4n) is 3.00. The highest BCUT2D eigenvalue weighted by Gasteiger charge is 2.21. The van der Waals surface area contributed by atoms with Crippen molar-refractivity contribution in [2.45, 2.75) is 46.5 Å². The van der Waals surface area contributed by atoms with E-state index in [4.69, 9.17) is 0 Å². The van der Waals surface area contributed by atoms with Crippen LogP contribution in [0.15, 0.2) is 54.7 Å². The maximum Gasteiger partial charge on any atom is -0.00144 e. The van der Waals surface area contributed by atoms with E-state index in [2.05, 4.69) is 58.7 Å². The summed E-state index contributed by atoms with van der Waals surface area (Å²) in [4.78, 5) is 0. The van der Waals surface area contributed by atoms with Crippen LogP contribution in [-0.4, -0.2) is 0 Å². The largest absolute Gasteiger partial charge is 0.100 e. The molecule has 0 fully saturated rings. The summed E-state index contributed by atoms with van der Waals surface area (Å²) in [6.45, 7) is 18.6. The van der Waals surface area contributed by atoms with Crippen molar-refractivity contribution in [1.82, 2.24) is 0 Å². The summed E-state index contributed by atoms with van der Waals surface area (Å²) in [6.07, 6.45) is 4.41. The second-order valence-corrected chi connectivity index (χ2v) is 6.38. The normalized spacial score (nSPS) is 13.3. The Kier molecular flexibility index (Phi) is 4.67. The average Bonchev–Trinajstić information content (AvgIpc) is 2.76. The molecule has 0 unspecified atom stereocenters. The van der Waals surface area contributed by atoms with Crippen molar-refractivity contribution in [3.8, 4) is 0 Å². The van der Waals surface area contributed by atoms with Crippen molar-refractivity contribution in [3.05, 3.63) is 71.3 Å². The van der Waals surface area contributed by atoms with E-state index in [9.17, 15) is 0 Å². The number of benzene rings is 1. The van der Waals surface area contributed by atoms with Crippen LogP contribution in [-0.2, 0) is 6.42 Å². The lowest BCUT2D eigenvalue weighted by atomic mass is 9.95. The lowest BCUT2D eigenvalue weighted by Crippen LogP contribution is -1.89. The molecule has 21 heavy (non-hydrogen) atoms. The van der Waals surface area contributed by atoms with Crippen LogP contribution in [0.2, 0.25) is 0 Å². The summed E-state index contributed by atoms with van der Waals surface area (Å²) in [5.74, 6) is 0. The molecule has 0 radical (unpaired) electrons. The van der Waals surface area contributed by atoms with E-state index < -0.39 is 0 Å². The van der Waals surface area contributed by atoms with Crippen LogP contribution in [0.5, 0.6) is 0 Å². The first-order chi connectivity index (χ1) is 9.90. The lowest BCUT2D eigenvalue weighted by Gasteiger charge is -2.10. The van der Waals surface area contributed by atoms with Gasteiger partial charge >= 0.3 is 0 Å². The maximum atomic E-state index is 4.18. The molecule has 110 valence electrons. The van der Waals surface area contributed by atoms with Crippen LogP contribution >= 0.6 is 0 Å². The molecule has 1 aliphatic carbocycles. The summed E-state index contributed by atoms with van der Waals surface area (Å²) >= 11 is 0. The molecule has 2 rings (SSSR count). The first-order valence-electron chi connectivity index (χ1n) is 7.71. The SMILES string of the molecule is C=C(C)CCCC1=C(C(=C)C)Cc2ccc(C(=C)C)cc21. The lowest BCUT2D eigenvalue weighted by molar-refractivity contribution is 0.843. The Labute approximate surface area is 129 Å². The zero-order valence-corrected chi connectivity index (χ0v) is 13.7. The van der Waals surface area contributed by atoms with Gasteiger partial charge in [0.25, 0.3) is 0 Å². The van der Waals surface area contributed by atoms with E-state index in [0.29, 0.717) is 0 Å². The predicted octanol–water partition coefficient (Wildman–Crippen LogP) is 6.35. The first kappa shape index (κ1) is 15.6. The molecule has 0 bridgehead atoms. The average molecular weight is 278 g/mol. The Bertz CT molecular complexity index is 638. The van der Waals surface area contributed by atoms with Crippen molar-refractivity contribution in [3.63, 3.8) is 0 Å². The van der Waals surface area contributed by atoms with Gasteiger partial charge in [0.2, 0.25) is 0 Å². The minimum absolute atomic E-state index is 1.03. The second kappa shape index (κ2) is 6.30. The number of fused-ring (bicyclic) bond motifs is 1. The highest BCUT2D eigenvalue weighted by molar-refractivity contribution is 5.81. The van der Waals surface area contributed by atoms with E-state index in [0.717, 1.165) is 31.3 Å². The van der Waals surface area contributed by atoms with Gasteiger partial charge in [-0.25, -0.2) is 0 Å². The van der Waals surface area contributed by atoms with Gasteiger partial charge in [-0.3, -0.25) is 0 Å².